The lowest BCUT2D eigenvalue weighted by Gasteiger charge is -2.33. The van der Waals surface area contributed by atoms with Gasteiger partial charge in [0.15, 0.2) is 0 Å². The highest BCUT2D eigenvalue weighted by molar-refractivity contribution is 6.07. The third-order valence-electron chi connectivity index (χ3n) is 4.32. The maximum absolute atomic E-state index is 12.3. The molecule has 2 rings (SSSR count). The molecule has 1 N–H and O–H groups in total. The average Bonchev–Trinajstić information content (AvgIpc) is 2.73. The number of rotatable bonds is 6. The van der Waals surface area contributed by atoms with E-state index in [1.165, 1.54) is 0 Å². The first-order valence-electron chi connectivity index (χ1n) is 7.45. The van der Waals surface area contributed by atoms with Crippen LogP contribution < -0.4 is 5.32 Å². The van der Waals surface area contributed by atoms with Crippen molar-refractivity contribution in [2.24, 2.45) is 0 Å². The van der Waals surface area contributed by atoms with Gasteiger partial charge in [0.25, 0.3) is 5.91 Å². The van der Waals surface area contributed by atoms with Gasteiger partial charge >= 0.3 is 6.03 Å². The minimum absolute atomic E-state index is 0.252. The third-order valence-corrected chi connectivity index (χ3v) is 4.32. The Morgan fingerprint density at radius 3 is 2.33 bits per heavy atom. The zero-order valence-electron chi connectivity index (χ0n) is 12.9. The molecule has 3 amide bonds. The van der Waals surface area contributed by atoms with Gasteiger partial charge in [-0.2, -0.15) is 0 Å². The van der Waals surface area contributed by atoms with E-state index in [0.717, 1.165) is 25.2 Å². The van der Waals surface area contributed by atoms with Gasteiger partial charge in [-0.15, -0.1) is 0 Å². The second kappa shape index (κ2) is 6.26. The minimum atomic E-state index is -0.925. The molecule has 1 saturated heterocycles. The molecule has 1 unspecified atom stereocenters. The first-order chi connectivity index (χ1) is 10.0. The number of hydrogen-bond acceptors (Lipinski definition) is 3. The lowest BCUT2D eigenvalue weighted by Crippen LogP contribution is -2.47. The molecule has 1 aliphatic rings. The first kappa shape index (κ1) is 15.5. The molecule has 0 saturated carbocycles. The molecule has 114 valence electrons. The van der Waals surface area contributed by atoms with Gasteiger partial charge in [0.2, 0.25) is 0 Å². The van der Waals surface area contributed by atoms with Crippen LogP contribution in [-0.4, -0.2) is 47.9 Å². The summed E-state index contributed by atoms with van der Waals surface area (Å²) >= 11 is 0. The summed E-state index contributed by atoms with van der Waals surface area (Å²) in [5.41, 5.74) is -0.0845. The van der Waals surface area contributed by atoms with Crippen molar-refractivity contribution in [3.05, 3.63) is 35.9 Å². The zero-order valence-corrected chi connectivity index (χ0v) is 12.9. The Balaban J connectivity index is 2.25. The van der Waals surface area contributed by atoms with Gasteiger partial charge in [0.05, 0.1) is 0 Å². The summed E-state index contributed by atoms with van der Waals surface area (Å²) in [5.74, 6) is -0.252. The van der Waals surface area contributed by atoms with Crippen LogP contribution in [0.15, 0.2) is 30.3 Å². The molecule has 1 aromatic carbocycles. The van der Waals surface area contributed by atoms with Gasteiger partial charge in [-0.25, -0.2) is 4.79 Å². The number of nitrogens with zero attached hydrogens (tertiary/aromatic N) is 2. The summed E-state index contributed by atoms with van der Waals surface area (Å²) in [6, 6.07) is 9.16. The molecule has 0 bridgehead atoms. The van der Waals surface area contributed by atoms with Crippen LogP contribution in [0.1, 0.15) is 26.3 Å². The fraction of sp³-hybridized carbons (Fsp3) is 0.500. The highest BCUT2D eigenvalue weighted by Crippen LogP contribution is 2.32. The summed E-state index contributed by atoms with van der Waals surface area (Å²) in [4.78, 5) is 28.3. The van der Waals surface area contributed by atoms with Crippen molar-refractivity contribution in [2.45, 2.75) is 26.3 Å². The van der Waals surface area contributed by atoms with Crippen molar-refractivity contribution < 1.29 is 9.59 Å². The molecule has 0 radical (unpaired) electrons. The van der Waals surface area contributed by atoms with E-state index in [1.54, 1.807) is 4.90 Å². The van der Waals surface area contributed by atoms with Crippen molar-refractivity contribution in [2.75, 3.05) is 26.2 Å². The van der Waals surface area contributed by atoms with Crippen LogP contribution in [0.3, 0.4) is 0 Å². The van der Waals surface area contributed by atoms with Crippen molar-refractivity contribution in [1.82, 2.24) is 15.1 Å². The molecule has 5 nitrogen and oxygen atoms in total. The summed E-state index contributed by atoms with van der Waals surface area (Å²) in [6.07, 6.45) is 0. The summed E-state index contributed by atoms with van der Waals surface area (Å²) < 4.78 is 0. The van der Waals surface area contributed by atoms with E-state index >= 15 is 0 Å². The van der Waals surface area contributed by atoms with Gasteiger partial charge in [-0.05, 0) is 25.6 Å². The highest BCUT2D eigenvalue weighted by Gasteiger charge is 2.50. The topological polar surface area (TPSA) is 52.6 Å². The van der Waals surface area contributed by atoms with E-state index in [4.69, 9.17) is 0 Å². The van der Waals surface area contributed by atoms with Crippen molar-refractivity contribution in [3.63, 3.8) is 0 Å². The fourth-order valence-corrected chi connectivity index (χ4v) is 2.77. The average molecular weight is 289 g/mol. The Hall–Kier alpha value is -1.88. The van der Waals surface area contributed by atoms with Gasteiger partial charge in [0, 0.05) is 13.1 Å². The van der Waals surface area contributed by atoms with E-state index in [-0.39, 0.29) is 11.9 Å². The van der Waals surface area contributed by atoms with Crippen molar-refractivity contribution in [1.29, 1.82) is 0 Å². The van der Waals surface area contributed by atoms with Crippen LogP contribution in [0.4, 0.5) is 4.79 Å². The Morgan fingerprint density at radius 1 is 1.14 bits per heavy atom. The van der Waals surface area contributed by atoms with Gasteiger partial charge in [-0.3, -0.25) is 10.1 Å². The second-order valence-electron chi connectivity index (χ2n) is 5.38. The maximum Gasteiger partial charge on any atom is 0.325 e. The van der Waals surface area contributed by atoms with E-state index < -0.39 is 5.54 Å². The second-order valence-corrected chi connectivity index (χ2v) is 5.38. The normalized spacial score (nSPS) is 22.0. The molecule has 1 fully saturated rings. The molecular weight excluding hydrogens is 266 g/mol. The maximum atomic E-state index is 12.3. The molecule has 1 heterocycles. The Bertz CT molecular complexity index is 514. The number of imide groups is 1. The molecular formula is C16H23N3O2. The number of hydrogen-bond donors (Lipinski definition) is 1. The van der Waals surface area contributed by atoms with Crippen LogP contribution in [0.5, 0.6) is 0 Å². The molecule has 0 spiro atoms. The van der Waals surface area contributed by atoms with Gasteiger partial charge in [0.1, 0.15) is 5.54 Å². The monoisotopic (exact) mass is 289 g/mol. The van der Waals surface area contributed by atoms with E-state index in [9.17, 15) is 9.59 Å². The van der Waals surface area contributed by atoms with E-state index in [0.29, 0.717) is 6.54 Å². The number of carbonyl (C=O) groups is 2. The van der Waals surface area contributed by atoms with Crippen LogP contribution in [-0.2, 0) is 10.3 Å². The number of nitrogens with one attached hydrogen (secondary N) is 1. The van der Waals surface area contributed by atoms with Crippen molar-refractivity contribution >= 4 is 11.9 Å². The molecule has 0 aromatic heterocycles. The molecule has 1 aliphatic heterocycles. The molecule has 5 heteroatoms. The molecule has 21 heavy (non-hydrogen) atoms. The first-order valence-corrected chi connectivity index (χ1v) is 7.45. The van der Waals surface area contributed by atoms with Crippen LogP contribution in [0, 0.1) is 0 Å². The fourth-order valence-electron chi connectivity index (χ4n) is 2.77. The lowest BCUT2D eigenvalue weighted by atomic mass is 9.90. The van der Waals surface area contributed by atoms with E-state index in [1.807, 2.05) is 37.3 Å². The van der Waals surface area contributed by atoms with Crippen LogP contribution in [0.25, 0.3) is 0 Å². The molecule has 1 atom stereocenters. The van der Waals surface area contributed by atoms with Gasteiger partial charge in [-0.1, -0.05) is 44.2 Å². The summed E-state index contributed by atoms with van der Waals surface area (Å²) in [6.45, 7) is 9.15. The zero-order chi connectivity index (χ0) is 15.5. The molecule has 1 aromatic rings. The van der Waals surface area contributed by atoms with E-state index in [2.05, 4.69) is 24.1 Å². The Morgan fingerprint density at radius 2 is 1.76 bits per heavy atom. The summed E-state index contributed by atoms with van der Waals surface area (Å²) in [7, 11) is 0. The SMILES string of the molecule is CCN(CC)CCN1C(=O)NC(=O)C1(C)c1ccccc1. The highest BCUT2D eigenvalue weighted by atomic mass is 16.2. The largest absolute Gasteiger partial charge is 0.325 e. The predicted octanol–water partition coefficient (Wildman–Crippen LogP) is 1.80. The smallest absolute Gasteiger partial charge is 0.305 e. The minimum Gasteiger partial charge on any atom is -0.305 e. The predicted molar refractivity (Wildman–Crippen MR) is 81.8 cm³/mol. The number of likely N-dealkylation sites (N-methyl/N-ethyl adjacent to an activating group) is 1. The Labute approximate surface area is 125 Å². The van der Waals surface area contributed by atoms with Crippen LogP contribution >= 0.6 is 0 Å². The van der Waals surface area contributed by atoms with Gasteiger partial charge < -0.3 is 9.80 Å². The number of carbonyl (C=O) groups excluding carboxylic acids is 2. The summed E-state index contributed by atoms with van der Waals surface area (Å²) in [5, 5.41) is 2.45. The lowest BCUT2D eigenvalue weighted by molar-refractivity contribution is -0.126. The third kappa shape index (κ3) is 2.78. The van der Waals surface area contributed by atoms with Crippen LogP contribution in [0.2, 0.25) is 0 Å². The number of urea groups is 1. The number of benzene rings is 1. The molecule has 0 aliphatic carbocycles. The Kier molecular flexibility index (Phi) is 4.63. The standard InChI is InChI=1S/C16H23N3O2/c1-4-18(5-2)11-12-19-15(21)17-14(20)16(19,3)13-9-7-6-8-10-13/h6-10H,4-5,11-12H2,1-3H3,(H,17,20,21). The quantitative estimate of drug-likeness (QED) is 0.812. The number of amides is 3. The van der Waals surface area contributed by atoms with Crippen molar-refractivity contribution in [3.8, 4) is 0 Å².